The number of rotatable bonds is 4. The number of hydrogen-bond acceptors (Lipinski definition) is 5. The van der Waals surface area contributed by atoms with Crippen molar-refractivity contribution in [2.24, 2.45) is 0 Å². The average Bonchev–Trinajstić information content (AvgIpc) is 2.75. The van der Waals surface area contributed by atoms with Gasteiger partial charge in [-0.2, -0.15) is 0 Å². The molecule has 8 heteroatoms. The van der Waals surface area contributed by atoms with Crippen molar-refractivity contribution in [2.75, 3.05) is 4.72 Å². The first-order valence-electron chi connectivity index (χ1n) is 8.84. The highest BCUT2D eigenvalue weighted by atomic mass is 32.2. The van der Waals surface area contributed by atoms with Crippen molar-refractivity contribution in [1.82, 2.24) is 4.98 Å². The molecule has 3 rings (SSSR count). The quantitative estimate of drug-likeness (QED) is 0.815. The number of hydrogen-bond donors (Lipinski definition) is 1. The number of benzene rings is 1. The van der Waals surface area contributed by atoms with E-state index in [-0.39, 0.29) is 10.7 Å². The fourth-order valence-corrected chi connectivity index (χ4v) is 3.84. The Balaban J connectivity index is 1.94. The summed E-state index contributed by atoms with van der Waals surface area (Å²) in [5.74, 6) is 0.285. The van der Waals surface area contributed by atoms with Crippen LogP contribution in [0.2, 0.25) is 0 Å². The van der Waals surface area contributed by atoms with E-state index in [0.29, 0.717) is 5.46 Å². The lowest BCUT2D eigenvalue weighted by atomic mass is 9.76. The Kier molecular flexibility index (Phi) is 4.86. The van der Waals surface area contributed by atoms with E-state index in [4.69, 9.17) is 9.31 Å². The molecule has 0 saturated carbocycles. The topological polar surface area (TPSA) is 77.5 Å². The van der Waals surface area contributed by atoms with Crippen molar-refractivity contribution >= 4 is 28.4 Å². The van der Waals surface area contributed by atoms with Crippen LogP contribution < -0.4 is 10.2 Å². The number of aryl methyl sites for hydroxylation is 2. The molecule has 0 atom stereocenters. The Morgan fingerprint density at radius 3 is 2.22 bits per heavy atom. The molecule has 1 aliphatic heterocycles. The number of nitrogens with one attached hydrogen (secondary N) is 1. The van der Waals surface area contributed by atoms with Gasteiger partial charge in [0.25, 0.3) is 10.0 Å². The first kappa shape index (κ1) is 19.9. The summed E-state index contributed by atoms with van der Waals surface area (Å²) in [5.41, 5.74) is 1.35. The molecule has 1 aromatic heterocycles. The minimum absolute atomic E-state index is 0.140. The summed E-state index contributed by atoms with van der Waals surface area (Å²) in [7, 11) is -4.40. The summed E-state index contributed by atoms with van der Waals surface area (Å²) < 4.78 is 40.3. The molecule has 0 aliphatic carbocycles. The molecule has 0 amide bonds. The summed E-state index contributed by atoms with van der Waals surface area (Å²) in [6, 6.07) is 10.1. The van der Waals surface area contributed by atoms with Crippen molar-refractivity contribution in [2.45, 2.75) is 57.6 Å². The maximum atomic E-state index is 12.8. The van der Waals surface area contributed by atoms with E-state index in [1.807, 2.05) is 34.6 Å². The highest BCUT2D eigenvalue weighted by Gasteiger charge is 2.52. The van der Waals surface area contributed by atoms with Crippen molar-refractivity contribution in [3.05, 3.63) is 47.7 Å². The molecule has 1 N–H and O–H groups in total. The third-order valence-corrected chi connectivity index (χ3v) is 6.55. The normalized spacial score (nSPS) is 18.5. The van der Waals surface area contributed by atoms with E-state index in [0.717, 1.165) is 11.3 Å². The molecule has 2 aromatic rings. The fraction of sp³-hybridized carbons (Fsp3) is 0.421. The molecule has 0 spiro atoms. The van der Waals surface area contributed by atoms with Crippen LogP contribution in [0.4, 0.5) is 5.82 Å². The molecule has 0 bridgehead atoms. The molecule has 1 fully saturated rings. The Bertz CT molecular complexity index is 957. The van der Waals surface area contributed by atoms with Gasteiger partial charge in [0.1, 0.15) is 5.82 Å². The van der Waals surface area contributed by atoms with Gasteiger partial charge in [-0.15, -0.1) is 0 Å². The Morgan fingerprint density at radius 2 is 1.63 bits per heavy atom. The number of anilines is 1. The van der Waals surface area contributed by atoms with Crippen LogP contribution in [0, 0.1) is 13.8 Å². The zero-order valence-corrected chi connectivity index (χ0v) is 17.3. The zero-order chi connectivity index (χ0) is 20.0. The van der Waals surface area contributed by atoms with E-state index < -0.39 is 28.3 Å². The second-order valence-electron chi connectivity index (χ2n) is 7.88. The van der Waals surface area contributed by atoms with Gasteiger partial charge in [0.2, 0.25) is 0 Å². The highest BCUT2D eigenvalue weighted by molar-refractivity contribution is 7.92. The minimum Gasteiger partial charge on any atom is -0.399 e. The molecule has 1 aromatic carbocycles. The summed E-state index contributed by atoms with van der Waals surface area (Å²) in [4.78, 5) is 4.34. The van der Waals surface area contributed by atoms with E-state index in [2.05, 4.69) is 9.71 Å². The SMILES string of the molecule is Cc1cccc(NS(=O)(=O)c2ccc(C)c(B3OC(C)(C)C(C)(C)O3)c2)n1. The van der Waals surface area contributed by atoms with Gasteiger partial charge >= 0.3 is 7.12 Å². The van der Waals surface area contributed by atoms with Gasteiger partial charge in [0, 0.05) is 5.69 Å². The van der Waals surface area contributed by atoms with E-state index in [9.17, 15) is 8.42 Å². The Morgan fingerprint density at radius 1 is 1.00 bits per heavy atom. The molecular formula is C19H25BN2O4S. The second kappa shape index (κ2) is 6.62. The zero-order valence-electron chi connectivity index (χ0n) is 16.5. The first-order valence-corrected chi connectivity index (χ1v) is 10.3. The van der Waals surface area contributed by atoms with Gasteiger partial charge in [-0.05, 0) is 71.3 Å². The predicted octanol–water partition coefficient (Wildman–Crippen LogP) is 2.80. The van der Waals surface area contributed by atoms with Crippen molar-refractivity contribution in [3.8, 4) is 0 Å². The van der Waals surface area contributed by atoms with Crippen LogP contribution in [0.5, 0.6) is 0 Å². The van der Waals surface area contributed by atoms with Gasteiger partial charge in [-0.3, -0.25) is 4.72 Å². The van der Waals surface area contributed by atoms with Crippen LogP contribution in [0.25, 0.3) is 0 Å². The lowest BCUT2D eigenvalue weighted by Gasteiger charge is -2.32. The van der Waals surface area contributed by atoms with E-state index in [1.165, 1.54) is 0 Å². The number of pyridine rings is 1. The lowest BCUT2D eigenvalue weighted by Crippen LogP contribution is -2.41. The minimum atomic E-state index is -3.78. The van der Waals surface area contributed by atoms with Gasteiger partial charge in [-0.25, -0.2) is 13.4 Å². The molecule has 2 heterocycles. The van der Waals surface area contributed by atoms with Crippen LogP contribution in [-0.4, -0.2) is 31.7 Å². The van der Waals surface area contributed by atoms with Crippen molar-refractivity contribution < 1.29 is 17.7 Å². The van der Waals surface area contributed by atoms with Crippen LogP contribution in [0.1, 0.15) is 39.0 Å². The molecule has 0 radical (unpaired) electrons. The van der Waals surface area contributed by atoms with Gasteiger partial charge in [0.15, 0.2) is 0 Å². The monoisotopic (exact) mass is 388 g/mol. The van der Waals surface area contributed by atoms with Crippen LogP contribution >= 0.6 is 0 Å². The molecule has 1 saturated heterocycles. The average molecular weight is 388 g/mol. The molecular weight excluding hydrogens is 363 g/mol. The molecule has 6 nitrogen and oxygen atoms in total. The fourth-order valence-electron chi connectivity index (χ4n) is 2.81. The molecule has 0 unspecified atom stereocenters. The summed E-state index contributed by atoms with van der Waals surface area (Å²) in [6.45, 7) is 11.6. The maximum absolute atomic E-state index is 12.8. The Hall–Kier alpha value is -1.90. The lowest BCUT2D eigenvalue weighted by molar-refractivity contribution is 0.00578. The van der Waals surface area contributed by atoms with Gasteiger partial charge in [-0.1, -0.05) is 17.7 Å². The predicted molar refractivity (Wildman–Crippen MR) is 107 cm³/mol. The van der Waals surface area contributed by atoms with Gasteiger partial charge < -0.3 is 9.31 Å². The number of nitrogens with zero attached hydrogens (tertiary/aromatic N) is 1. The summed E-state index contributed by atoms with van der Waals surface area (Å²) in [5, 5.41) is 0. The molecule has 144 valence electrons. The van der Waals surface area contributed by atoms with E-state index >= 15 is 0 Å². The second-order valence-corrected chi connectivity index (χ2v) is 9.56. The third-order valence-electron chi connectivity index (χ3n) is 5.20. The van der Waals surface area contributed by atoms with Crippen molar-refractivity contribution in [1.29, 1.82) is 0 Å². The highest BCUT2D eigenvalue weighted by Crippen LogP contribution is 2.36. The standard InChI is InChI=1S/C19H25BN2O4S/c1-13-10-11-15(27(23,24)22-17-9-7-8-14(2)21-17)12-16(13)20-25-18(3,4)19(5,6)26-20/h7-12H,1-6H3,(H,21,22). The number of sulfonamides is 1. The molecule has 27 heavy (non-hydrogen) atoms. The largest absolute Gasteiger partial charge is 0.495 e. The van der Waals surface area contributed by atoms with E-state index in [1.54, 1.807) is 43.3 Å². The Labute approximate surface area is 161 Å². The maximum Gasteiger partial charge on any atom is 0.495 e. The first-order chi connectivity index (χ1) is 12.4. The summed E-state index contributed by atoms with van der Waals surface area (Å²) >= 11 is 0. The van der Waals surface area contributed by atoms with Gasteiger partial charge in [0.05, 0.1) is 16.1 Å². The van der Waals surface area contributed by atoms with Crippen LogP contribution in [-0.2, 0) is 19.3 Å². The molecule has 1 aliphatic rings. The third kappa shape index (κ3) is 3.88. The van der Waals surface area contributed by atoms with Crippen LogP contribution in [0.3, 0.4) is 0 Å². The number of aromatic nitrogens is 1. The van der Waals surface area contributed by atoms with Crippen molar-refractivity contribution in [3.63, 3.8) is 0 Å². The van der Waals surface area contributed by atoms with Crippen LogP contribution in [0.15, 0.2) is 41.3 Å². The summed E-state index contributed by atoms with van der Waals surface area (Å²) in [6.07, 6.45) is 0. The smallest absolute Gasteiger partial charge is 0.399 e.